The molecule has 0 radical (unpaired) electrons. The summed E-state index contributed by atoms with van der Waals surface area (Å²) in [5.74, 6) is -0.360. The summed E-state index contributed by atoms with van der Waals surface area (Å²) in [6, 6.07) is 19.5. The van der Waals surface area contributed by atoms with E-state index in [1.165, 1.54) is 6.42 Å². The molecule has 1 saturated heterocycles. The number of hydrogen-bond acceptors (Lipinski definition) is 3. The zero-order valence-corrected chi connectivity index (χ0v) is 15.7. The van der Waals surface area contributed by atoms with Gasteiger partial charge in [0.05, 0.1) is 12.0 Å². The van der Waals surface area contributed by atoms with E-state index in [-0.39, 0.29) is 5.92 Å². The third-order valence-corrected chi connectivity index (χ3v) is 5.47. The van der Waals surface area contributed by atoms with Crippen molar-refractivity contribution in [3.8, 4) is 6.07 Å². The Labute approximate surface area is 160 Å². The normalized spacial score (nSPS) is 18.7. The second kappa shape index (κ2) is 8.68. The van der Waals surface area contributed by atoms with Crippen molar-refractivity contribution in [2.24, 2.45) is 0 Å². The minimum absolute atomic E-state index is 0.360. The zero-order valence-electron chi connectivity index (χ0n) is 14.9. The minimum Gasteiger partial charge on any atom is -0.384 e. The Morgan fingerprint density at radius 1 is 1.04 bits per heavy atom. The second-order valence-electron chi connectivity index (χ2n) is 7.17. The Hall–Kier alpha value is -1.86. The summed E-state index contributed by atoms with van der Waals surface area (Å²) < 4.78 is 0. The lowest BCUT2D eigenvalue weighted by molar-refractivity contribution is -0.0153. The lowest BCUT2D eigenvalue weighted by Crippen LogP contribution is -2.44. The highest BCUT2D eigenvalue weighted by Gasteiger charge is 2.35. The first-order valence-corrected chi connectivity index (χ1v) is 9.64. The molecule has 0 aromatic heterocycles. The molecule has 26 heavy (non-hydrogen) atoms. The van der Waals surface area contributed by atoms with Gasteiger partial charge in [0, 0.05) is 18.0 Å². The van der Waals surface area contributed by atoms with Gasteiger partial charge in [-0.3, -0.25) is 0 Å². The molecule has 2 aromatic carbocycles. The summed E-state index contributed by atoms with van der Waals surface area (Å²) in [5.41, 5.74) is 0.683. The number of rotatable bonds is 6. The standard InChI is InChI=1S/C22H25ClN2O/c23-21-11-9-20(10-12-21)22(26,17-25-13-5-2-6-14-25)15-19(16-24)18-7-3-1-4-8-18/h1,3-4,7-12,19,26H,2,5-6,13-15,17H2. The SMILES string of the molecule is N#CC(CC(O)(CN1CCCCC1)c1ccc(Cl)cc1)c1ccccc1. The molecule has 1 fully saturated rings. The largest absolute Gasteiger partial charge is 0.384 e. The van der Waals surface area contributed by atoms with Crippen LogP contribution in [0.2, 0.25) is 5.02 Å². The number of likely N-dealkylation sites (tertiary alicyclic amines) is 1. The maximum absolute atomic E-state index is 11.7. The molecule has 4 heteroatoms. The predicted octanol–water partition coefficient (Wildman–Crippen LogP) is 4.71. The van der Waals surface area contributed by atoms with Gasteiger partial charge in [-0.1, -0.05) is 60.5 Å². The van der Waals surface area contributed by atoms with Gasteiger partial charge in [0.25, 0.3) is 0 Å². The summed E-state index contributed by atoms with van der Waals surface area (Å²) in [5, 5.41) is 22.0. The first kappa shape index (κ1) is 18.9. The lowest BCUT2D eigenvalue weighted by Gasteiger charge is -2.37. The van der Waals surface area contributed by atoms with E-state index in [2.05, 4.69) is 11.0 Å². The maximum atomic E-state index is 11.7. The molecule has 3 nitrogen and oxygen atoms in total. The molecule has 0 spiro atoms. The quantitative estimate of drug-likeness (QED) is 0.803. The number of benzene rings is 2. The zero-order chi connectivity index (χ0) is 18.4. The smallest absolute Gasteiger partial charge is 0.104 e. The van der Waals surface area contributed by atoms with Crippen LogP contribution >= 0.6 is 11.6 Å². The molecule has 2 unspecified atom stereocenters. The predicted molar refractivity (Wildman–Crippen MR) is 105 cm³/mol. The van der Waals surface area contributed by atoms with Crippen LogP contribution in [0.25, 0.3) is 0 Å². The molecule has 2 aromatic rings. The minimum atomic E-state index is -1.09. The van der Waals surface area contributed by atoms with Gasteiger partial charge in [-0.15, -0.1) is 0 Å². The molecule has 1 N–H and O–H groups in total. The van der Waals surface area contributed by atoms with Crippen LogP contribution in [0.15, 0.2) is 54.6 Å². The molecule has 2 atom stereocenters. The van der Waals surface area contributed by atoms with Crippen LogP contribution in [0.3, 0.4) is 0 Å². The number of β-amino-alcohol motifs (C(OH)–C–C–N with tert-alkyl or cyclic N) is 1. The van der Waals surface area contributed by atoms with E-state index in [1.54, 1.807) is 0 Å². The molecule has 1 aliphatic heterocycles. The monoisotopic (exact) mass is 368 g/mol. The Kier molecular flexibility index (Phi) is 6.32. The fourth-order valence-corrected chi connectivity index (χ4v) is 3.91. The van der Waals surface area contributed by atoms with Gasteiger partial charge in [-0.2, -0.15) is 5.26 Å². The van der Waals surface area contributed by atoms with Crippen molar-refractivity contribution in [2.75, 3.05) is 19.6 Å². The number of halogens is 1. The van der Waals surface area contributed by atoms with Crippen molar-refractivity contribution in [3.63, 3.8) is 0 Å². The third kappa shape index (κ3) is 4.65. The van der Waals surface area contributed by atoms with Crippen LogP contribution in [-0.2, 0) is 5.60 Å². The van der Waals surface area contributed by atoms with E-state index in [1.807, 2.05) is 54.6 Å². The van der Waals surface area contributed by atoms with Crippen LogP contribution in [0, 0.1) is 11.3 Å². The number of hydrogen-bond donors (Lipinski definition) is 1. The highest BCUT2D eigenvalue weighted by molar-refractivity contribution is 6.30. The van der Waals surface area contributed by atoms with Crippen LogP contribution in [0.4, 0.5) is 0 Å². The number of piperidine rings is 1. The maximum Gasteiger partial charge on any atom is 0.104 e. The molecular formula is C22H25ClN2O. The van der Waals surface area contributed by atoms with Crippen molar-refractivity contribution in [3.05, 3.63) is 70.7 Å². The Morgan fingerprint density at radius 2 is 1.69 bits per heavy atom. The summed E-state index contributed by atoms with van der Waals surface area (Å²) in [4.78, 5) is 2.32. The van der Waals surface area contributed by atoms with Crippen LogP contribution < -0.4 is 0 Å². The van der Waals surface area contributed by atoms with E-state index in [0.717, 1.165) is 37.1 Å². The first-order valence-electron chi connectivity index (χ1n) is 9.26. The molecule has 3 rings (SSSR count). The van der Waals surface area contributed by atoms with E-state index in [4.69, 9.17) is 11.6 Å². The van der Waals surface area contributed by atoms with Gasteiger partial charge in [-0.25, -0.2) is 0 Å². The first-order chi connectivity index (χ1) is 12.6. The molecule has 0 aliphatic carbocycles. The lowest BCUT2D eigenvalue weighted by atomic mass is 9.81. The van der Waals surface area contributed by atoms with E-state index < -0.39 is 5.60 Å². The molecule has 1 heterocycles. The van der Waals surface area contributed by atoms with Gasteiger partial charge < -0.3 is 10.0 Å². The molecule has 136 valence electrons. The fraction of sp³-hybridized carbons (Fsp3) is 0.409. The average Bonchev–Trinajstić information content (AvgIpc) is 2.68. The van der Waals surface area contributed by atoms with Crippen molar-refractivity contribution in [2.45, 2.75) is 37.2 Å². The average molecular weight is 369 g/mol. The summed E-state index contributed by atoms with van der Waals surface area (Å²) in [6.45, 7) is 2.54. The van der Waals surface area contributed by atoms with Crippen LogP contribution in [0.1, 0.15) is 42.7 Å². The summed E-state index contributed by atoms with van der Waals surface area (Å²) >= 11 is 6.04. The van der Waals surface area contributed by atoms with Crippen molar-refractivity contribution in [1.29, 1.82) is 5.26 Å². The van der Waals surface area contributed by atoms with Gasteiger partial charge in [0.15, 0.2) is 0 Å². The number of nitrogens with zero attached hydrogens (tertiary/aromatic N) is 2. The van der Waals surface area contributed by atoms with Crippen LogP contribution in [0.5, 0.6) is 0 Å². The van der Waals surface area contributed by atoms with Crippen molar-refractivity contribution < 1.29 is 5.11 Å². The van der Waals surface area contributed by atoms with E-state index in [9.17, 15) is 10.4 Å². The Morgan fingerprint density at radius 3 is 2.31 bits per heavy atom. The summed E-state index contributed by atoms with van der Waals surface area (Å²) in [6.07, 6.45) is 3.94. The topological polar surface area (TPSA) is 47.3 Å². The van der Waals surface area contributed by atoms with Crippen molar-refractivity contribution >= 4 is 11.6 Å². The van der Waals surface area contributed by atoms with Gasteiger partial charge in [-0.05, 0) is 49.2 Å². The van der Waals surface area contributed by atoms with Gasteiger partial charge >= 0.3 is 0 Å². The van der Waals surface area contributed by atoms with Gasteiger partial charge in [0.1, 0.15) is 5.60 Å². The Bertz CT molecular complexity index is 735. The van der Waals surface area contributed by atoms with E-state index in [0.29, 0.717) is 18.0 Å². The van der Waals surface area contributed by atoms with Crippen LogP contribution in [-0.4, -0.2) is 29.6 Å². The summed E-state index contributed by atoms with van der Waals surface area (Å²) in [7, 11) is 0. The van der Waals surface area contributed by atoms with Crippen molar-refractivity contribution in [1.82, 2.24) is 4.90 Å². The molecule has 0 saturated carbocycles. The fourth-order valence-electron chi connectivity index (χ4n) is 3.78. The number of aliphatic hydroxyl groups is 1. The number of nitriles is 1. The molecule has 0 amide bonds. The molecule has 1 aliphatic rings. The molecule has 0 bridgehead atoms. The molecular weight excluding hydrogens is 344 g/mol. The highest BCUT2D eigenvalue weighted by Crippen LogP contribution is 2.35. The third-order valence-electron chi connectivity index (χ3n) is 5.22. The second-order valence-corrected chi connectivity index (χ2v) is 7.61. The van der Waals surface area contributed by atoms with Gasteiger partial charge in [0.2, 0.25) is 0 Å². The Balaban J connectivity index is 1.88. The van der Waals surface area contributed by atoms with E-state index >= 15 is 0 Å². The highest BCUT2D eigenvalue weighted by atomic mass is 35.5.